The van der Waals surface area contributed by atoms with Crippen molar-refractivity contribution in [1.82, 2.24) is 0 Å². The molecule has 0 spiro atoms. The van der Waals surface area contributed by atoms with Gasteiger partial charge in [0.05, 0.1) is 11.2 Å². The third kappa shape index (κ3) is 3.83. The van der Waals surface area contributed by atoms with Crippen LogP contribution < -0.4 is 0 Å². The Morgan fingerprint density at radius 3 is 1.77 bits per heavy atom. The molecule has 0 aliphatic carbocycles. The van der Waals surface area contributed by atoms with E-state index in [1.807, 2.05) is 27.7 Å². The van der Waals surface area contributed by atoms with Gasteiger partial charge in [0, 0.05) is 5.41 Å². The molecule has 1 heterocycles. The van der Waals surface area contributed by atoms with E-state index in [4.69, 9.17) is 9.31 Å². The highest BCUT2D eigenvalue weighted by Crippen LogP contribution is 2.44. The van der Waals surface area contributed by atoms with Crippen LogP contribution in [0.4, 0.5) is 0 Å². The summed E-state index contributed by atoms with van der Waals surface area (Å²) in [7, 11) is -0.496. The first-order chi connectivity index (χ1) is 10.2. The second-order valence-electron chi connectivity index (χ2n) is 7.59. The zero-order chi connectivity index (χ0) is 17.0. The van der Waals surface area contributed by atoms with Gasteiger partial charge in [0.15, 0.2) is 0 Å². The van der Waals surface area contributed by atoms with Gasteiger partial charge >= 0.3 is 7.12 Å². The third-order valence-electron chi connectivity index (χ3n) is 5.36. The lowest BCUT2D eigenvalue weighted by Gasteiger charge is -2.32. The quantitative estimate of drug-likeness (QED) is 0.456. The van der Waals surface area contributed by atoms with Gasteiger partial charge in [-0.25, -0.2) is 0 Å². The Morgan fingerprint density at radius 2 is 1.45 bits per heavy atom. The summed E-state index contributed by atoms with van der Waals surface area (Å²) in [6.45, 7) is 16.6. The summed E-state index contributed by atoms with van der Waals surface area (Å²) in [6, 6.07) is 0. The molecule has 0 bridgehead atoms. The molecule has 1 fully saturated rings. The van der Waals surface area contributed by atoms with Crippen LogP contribution in [-0.4, -0.2) is 24.6 Å². The zero-order valence-electron chi connectivity index (χ0n) is 15.3. The molecule has 0 amide bonds. The van der Waals surface area contributed by atoms with E-state index in [9.17, 15) is 4.79 Å². The largest absolute Gasteiger partial charge is 0.490 e. The van der Waals surface area contributed by atoms with Crippen LogP contribution in [0.15, 0.2) is 12.1 Å². The molecule has 22 heavy (non-hydrogen) atoms. The van der Waals surface area contributed by atoms with E-state index < -0.39 is 23.7 Å². The van der Waals surface area contributed by atoms with E-state index in [-0.39, 0.29) is 0 Å². The first-order valence-corrected chi connectivity index (χ1v) is 8.67. The van der Waals surface area contributed by atoms with Gasteiger partial charge in [0.25, 0.3) is 0 Å². The lowest BCUT2D eigenvalue weighted by molar-refractivity contribution is -0.115. The highest BCUT2D eigenvalue weighted by molar-refractivity contribution is 6.55. The fourth-order valence-electron chi connectivity index (χ4n) is 2.84. The molecule has 1 aliphatic heterocycles. The molecule has 0 aromatic heterocycles. The van der Waals surface area contributed by atoms with Gasteiger partial charge < -0.3 is 14.1 Å². The minimum absolute atomic E-state index is 0.398. The molecule has 0 N–H and O–H groups in total. The van der Waals surface area contributed by atoms with E-state index in [2.05, 4.69) is 20.4 Å². The van der Waals surface area contributed by atoms with Crippen LogP contribution in [0, 0.1) is 5.41 Å². The normalized spacial score (nSPS) is 20.2. The standard InChI is InChI=1S/C18H33BO3/c1-8-10-12-18(14-20,13-11-9-2)15(3)19-21-16(4,5)17(6,7)22-19/h14H,3,8-13H2,1-2,4-7H3. The molecule has 0 unspecified atom stereocenters. The van der Waals surface area contributed by atoms with Gasteiger partial charge in [-0.15, -0.1) is 6.58 Å². The molecule has 1 aliphatic rings. The molecule has 3 nitrogen and oxygen atoms in total. The van der Waals surface area contributed by atoms with Crippen molar-refractivity contribution >= 4 is 13.4 Å². The van der Waals surface area contributed by atoms with Crippen molar-refractivity contribution in [3.8, 4) is 0 Å². The van der Waals surface area contributed by atoms with Crippen molar-refractivity contribution in [2.75, 3.05) is 0 Å². The number of aldehydes is 1. The molecule has 1 rings (SSSR count). The van der Waals surface area contributed by atoms with Crippen LogP contribution in [0.1, 0.15) is 80.1 Å². The van der Waals surface area contributed by atoms with Gasteiger partial charge in [-0.2, -0.15) is 0 Å². The maximum atomic E-state index is 12.0. The molecule has 0 aromatic rings. The van der Waals surface area contributed by atoms with E-state index in [1.54, 1.807) is 0 Å². The van der Waals surface area contributed by atoms with Gasteiger partial charge in [0.1, 0.15) is 6.29 Å². The summed E-state index contributed by atoms with van der Waals surface area (Å²) in [6.07, 6.45) is 6.91. The summed E-state index contributed by atoms with van der Waals surface area (Å²) in [5, 5.41) is 0. The van der Waals surface area contributed by atoms with Gasteiger partial charge in [-0.05, 0) is 46.0 Å². The third-order valence-corrected chi connectivity index (χ3v) is 5.36. The van der Waals surface area contributed by atoms with Crippen molar-refractivity contribution in [2.24, 2.45) is 5.41 Å². The summed E-state index contributed by atoms with van der Waals surface area (Å²) in [4.78, 5) is 12.0. The molecule has 0 atom stereocenters. The second kappa shape index (κ2) is 7.31. The van der Waals surface area contributed by atoms with Gasteiger partial charge in [-0.1, -0.05) is 39.5 Å². The van der Waals surface area contributed by atoms with Crippen LogP contribution in [-0.2, 0) is 14.1 Å². The average Bonchev–Trinajstić information content (AvgIpc) is 2.67. The monoisotopic (exact) mass is 308 g/mol. The fraction of sp³-hybridized carbons (Fsp3) is 0.833. The summed E-state index contributed by atoms with van der Waals surface area (Å²) < 4.78 is 12.2. The molecule has 126 valence electrons. The summed E-state index contributed by atoms with van der Waals surface area (Å²) in [5.41, 5.74) is -0.522. The molecule has 0 aromatic carbocycles. The predicted molar refractivity (Wildman–Crippen MR) is 92.8 cm³/mol. The van der Waals surface area contributed by atoms with Crippen LogP contribution in [0.25, 0.3) is 0 Å². The maximum Gasteiger partial charge on any atom is 0.490 e. The number of carbonyl (C=O) groups is 1. The summed E-state index contributed by atoms with van der Waals surface area (Å²) >= 11 is 0. The summed E-state index contributed by atoms with van der Waals surface area (Å²) in [5.74, 6) is 0. The first-order valence-electron chi connectivity index (χ1n) is 8.67. The van der Waals surface area contributed by atoms with E-state index >= 15 is 0 Å². The lowest BCUT2D eigenvalue weighted by Crippen LogP contribution is -2.41. The minimum atomic E-state index is -0.521. The fourth-order valence-corrected chi connectivity index (χ4v) is 2.84. The topological polar surface area (TPSA) is 35.5 Å². The molecule has 4 heteroatoms. The van der Waals surface area contributed by atoms with E-state index in [0.29, 0.717) is 0 Å². The van der Waals surface area contributed by atoms with Crippen molar-refractivity contribution in [1.29, 1.82) is 0 Å². The SMILES string of the molecule is C=C(B1OC(C)(C)C(C)(C)O1)C(C=O)(CCCC)CCCC. The number of unbranched alkanes of at least 4 members (excludes halogenated alkanes) is 2. The average molecular weight is 308 g/mol. The molecule has 0 radical (unpaired) electrons. The Kier molecular flexibility index (Phi) is 6.46. The van der Waals surface area contributed by atoms with E-state index in [1.165, 1.54) is 0 Å². The zero-order valence-corrected chi connectivity index (χ0v) is 15.3. The Balaban J connectivity index is 2.99. The van der Waals surface area contributed by atoms with Gasteiger partial charge in [-0.3, -0.25) is 0 Å². The Labute approximate surface area is 137 Å². The van der Waals surface area contributed by atoms with Crippen molar-refractivity contribution < 1.29 is 14.1 Å². The van der Waals surface area contributed by atoms with Crippen LogP contribution in [0.3, 0.4) is 0 Å². The number of carbonyl (C=O) groups excluding carboxylic acids is 1. The Bertz CT molecular complexity index is 377. The lowest BCUT2D eigenvalue weighted by atomic mass is 9.60. The number of allylic oxidation sites excluding steroid dienone is 1. The molecule has 1 saturated heterocycles. The van der Waals surface area contributed by atoms with Crippen molar-refractivity contribution in [3.63, 3.8) is 0 Å². The predicted octanol–water partition coefficient (Wildman–Crippen LogP) is 4.74. The molecular formula is C18H33BO3. The number of hydrogen-bond donors (Lipinski definition) is 0. The van der Waals surface area contributed by atoms with E-state index in [0.717, 1.165) is 50.3 Å². The molecular weight excluding hydrogens is 275 g/mol. The van der Waals surface area contributed by atoms with Crippen LogP contribution in [0.5, 0.6) is 0 Å². The number of hydrogen-bond acceptors (Lipinski definition) is 3. The van der Waals surface area contributed by atoms with Gasteiger partial charge in [0.2, 0.25) is 0 Å². The highest BCUT2D eigenvalue weighted by atomic mass is 16.7. The highest BCUT2D eigenvalue weighted by Gasteiger charge is 2.55. The smallest absolute Gasteiger partial charge is 0.400 e. The minimum Gasteiger partial charge on any atom is -0.400 e. The maximum absolute atomic E-state index is 12.0. The van der Waals surface area contributed by atoms with Crippen molar-refractivity contribution in [2.45, 2.75) is 91.3 Å². The van der Waals surface area contributed by atoms with Crippen molar-refractivity contribution in [3.05, 3.63) is 12.1 Å². The van der Waals surface area contributed by atoms with Crippen LogP contribution in [0.2, 0.25) is 0 Å². The van der Waals surface area contributed by atoms with Crippen LogP contribution >= 0.6 is 0 Å². The second-order valence-corrected chi connectivity index (χ2v) is 7.59. The Hall–Kier alpha value is -0.605. The number of rotatable bonds is 9. The first kappa shape index (κ1) is 19.4. The Morgan fingerprint density at radius 1 is 1.05 bits per heavy atom. The molecule has 0 saturated carbocycles.